The van der Waals surface area contributed by atoms with E-state index in [1.807, 2.05) is 6.07 Å². The maximum absolute atomic E-state index is 5.57. The lowest BCUT2D eigenvalue weighted by atomic mass is 9.94. The van der Waals surface area contributed by atoms with Crippen LogP contribution in [-0.4, -0.2) is 18.6 Å². The molecule has 3 rings (SSSR count). The topological polar surface area (TPSA) is 12.5 Å². The van der Waals surface area contributed by atoms with Crippen LogP contribution >= 0.6 is 0 Å². The van der Waals surface area contributed by atoms with Gasteiger partial charge < -0.3 is 4.74 Å². The first-order chi connectivity index (χ1) is 10.4. The zero-order valence-corrected chi connectivity index (χ0v) is 12.7. The van der Waals surface area contributed by atoms with Gasteiger partial charge in [-0.3, -0.25) is 4.90 Å². The number of likely N-dealkylation sites (tertiary alicyclic amines) is 1. The van der Waals surface area contributed by atoms with Gasteiger partial charge in [-0.15, -0.1) is 0 Å². The maximum atomic E-state index is 5.57. The largest absolute Gasteiger partial charge is 0.496 e. The average Bonchev–Trinajstić information content (AvgIpc) is 2.56. The Hall–Kier alpha value is -1.80. The Morgan fingerprint density at radius 2 is 1.76 bits per heavy atom. The highest BCUT2D eigenvalue weighted by Crippen LogP contribution is 2.36. The summed E-state index contributed by atoms with van der Waals surface area (Å²) < 4.78 is 5.57. The highest BCUT2D eigenvalue weighted by molar-refractivity contribution is 5.36. The first-order valence-corrected chi connectivity index (χ1v) is 7.79. The standard InChI is InChI=1S/C19H23NO/c1-21-19-13-6-5-11-17(19)18-12-7-8-14-20(18)15-16-9-3-2-4-10-16/h2-6,9-11,13,18H,7-8,12,14-15H2,1H3/t18-/m0/s1. The third-order valence-electron chi connectivity index (χ3n) is 4.34. The highest BCUT2D eigenvalue weighted by Gasteiger charge is 2.26. The maximum Gasteiger partial charge on any atom is 0.123 e. The molecule has 0 unspecified atom stereocenters. The highest BCUT2D eigenvalue weighted by atomic mass is 16.5. The predicted octanol–water partition coefficient (Wildman–Crippen LogP) is 4.42. The zero-order chi connectivity index (χ0) is 14.5. The second-order valence-electron chi connectivity index (χ2n) is 5.71. The molecular formula is C19H23NO. The lowest BCUT2D eigenvalue weighted by Gasteiger charge is -2.36. The molecule has 2 heteroatoms. The van der Waals surface area contributed by atoms with Crippen LogP contribution in [0.25, 0.3) is 0 Å². The molecule has 1 aliphatic heterocycles. The van der Waals surface area contributed by atoms with Crippen LogP contribution in [0.2, 0.25) is 0 Å². The van der Waals surface area contributed by atoms with Gasteiger partial charge >= 0.3 is 0 Å². The van der Waals surface area contributed by atoms with Gasteiger partial charge in [0.05, 0.1) is 7.11 Å². The van der Waals surface area contributed by atoms with Crippen molar-refractivity contribution in [3.05, 3.63) is 65.7 Å². The molecule has 0 aliphatic carbocycles. The smallest absolute Gasteiger partial charge is 0.123 e. The molecule has 0 aromatic heterocycles. The number of hydrogen-bond acceptors (Lipinski definition) is 2. The SMILES string of the molecule is COc1ccccc1[C@@H]1CCCCN1Cc1ccccc1. The van der Waals surface area contributed by atoms with E-state index in [1.165, 1.54) is 30.4 Å². The number of benzene rings is 2. The van der Waals surface area contributed by atoms with Gasteiger partial charge in [0.15, 0.2) is 0 Å². The molecule has 1 atom stereocenters. The summed E-state index contributed by atoms with van der Waals surface area (Å²) >= 11 is 0. The molecule has 1 heterocycles. The quantitative estimate of drug-likeness (QED) is 0.822. The summed E-state index contributed by atoms with van der Waals surface area (Å²) in [5, 5.41) is 0. The minimum absolute atomic E-state index is 0.468. The lowest BCUT2D eigenvalue weighted by molar-refractivity contribution is 0.138. The summed E-state index contributed by atoms with van der Waals surface area (Å²) in [6.45, 7) is 2.18. The Kier molecular flexibility index (Phi) is 4.56. The molecule has 0 saturated carbocycles. The fourth-order valence-corrected chi connectivity index (χ4v) is 3.29. The van der Waals surface area contributed by atoms with Crippen molar-refractivity contribution in [2.45, 2.75) is 31.8 Å². The summed E-state index contributed by atoms with van der Waals surface area (Å²) in [6, 6.07) is 19.7. The van der Waals surface area contributed by atoms with E-state index in [2.05, 4.69) is 53.4 Å². The second-order valence-corrected chi connectivity index (χ2v) is 5.71. The average molecular weight is 281 g/mol. The first kappa shape index (κ1) is 14.2. The Labute approximate surface area is 127 Å². The van der Waals surface area contributed by atoms with Crippen molar-refractivity contribution in [1.29, 1.82) is 0 Å². The van der Waals surface area contributed by atoms with Crippen molar-refractivity contribution in [3.63, 3.8) is 0 Å². The van der Waals surface area contributed by atoms with Crippen LogP contribution in [0.15, 0.2) is 54.6 Å². The summed E-state index contributed by atoms with van der Waals surface area (Å²) in [7, 11) is 1.77. The summed E-state index contributed by atoms with van der Waals surface area (Å²) in [5.74, 6) is 1.02. The minimum atomic E-state index is 0.468. The fraction of sp³-hybridized carbons (Fsp3) is 0.368. The molecule has 0 amide bonds. The normalized spacial score (nSPS) is 19.4. The van der Waals surface area contributed by atoms with Crippen molar-refractivity contribution in [2.75, 3.05) is 13.7 Å². The predicted molar refractivity (Wildman–Crippen MR) is 86.4 cm³/mol. The Morgan fingerprint density at radius 1 is 1.00 bits per heavy atom. The van der Waals surface area contributed by atoms with Gasteiger partial charge in [0.25, 0.3) is 0 Å². The first-order valence-electron chi connectivity index (χ1n) is 7.79. The van der Waals surface area contributed by atoms with Gasteiger partial charge in [-0.1, -0.05) is 55.0 Å². The van der Waals surface area contributed by atoms with Gasteiger partial charge in [0.2, 0.25) is 0 Å². The van der Waals surface area contributed by atoms with E-state index in [0.717, 1.165) is 18.8 Å². The molecule has 1 saturated heterocycles. The van der Waals surface area contributed by atoms with E-state index in [-0.39, 0.29) is 0 Å². The third-order valence-corrected chi connectivity index (χ3v) is 4.34. The van der Waals surface area contributed by atoms with Crippen LogP contribution in [0.5, 0.6) is 5.75 Å². The summed E-state index contributed by atoms with van der Waals surface area (Å²) in [6.07, 6.45) is 3.81. The van der Waals surface area contributed by atoms with Crippen LogP contribution in [0.3, 0.4) is 0 Å². The molecule has 2 aromatic rings. The molecule has 0 N–H and O–H groups in total. The number of ether oxygens (including phenoxy) is 1. The number of piperidine rings is 1. The van der Waals surface area contributed by atoms with E-state index in [1.54, 1.807) is 7.11 Å². The van der Waals surface area contributed by atoms with E-state index in [9.17, 15) is 0 Å². The Bertz CT molecular complexity index is 567. The number of para-hydroxylation sites is 1. The Balaban J connectivity index is 1.84. The molecule has 21 heavy (non-hydrogen) atoms. The van der Waals surface area contributed by atoms with Crippen molar-refractivity contribution >= 4 is 0 Å². The lowest BCUT2D eigenvalue weighted by Crippen LogP contribution is -2.33. The molecule has 0 bridgehead atoms. The van der Waals surface area contributed by atoms with Gasteiger partial charge in [0.1, 0.15) is 5.75 Å². The molecule has 1 aliphatic rings. The molecular weight excluding hydrogens is 258 g/mol. The Morgan fingerprint density at radius 3 is 2.57 bits per heavy atom. The summed E-state index contributed by atoms with van der Waals surface area (Å²) in [4.78, 5) is 2.59. The molecule has 2 nitrogen and oxygen atoms in total. The van der Waals surface area contributed by atoms with Crippen molar-refractivity contribution in [2.24, 2.45) is 0 Å². The molecule has 2 aromatic carbocycles. The van der Waals surface area contributed by atoms with Gasteiger partial charge in [-0.05, 0) is 31.0 Å². The monoisotopic (exact) mass is 281 g/mol. The molecule has 0 radical (unpaired) electrons. The summed E-state index contributed by atoms with van der Waals surface area (Å²) in [5.41, 5.74) is 2.72. The third kappa shape index (κ3) is 3.27. The van der Waals surface area contributed by atoms with E-state index < -0.39 is 0 Å². The van der Waals surface area contributed by atoms with Gasteiger partial charge in [0, 0.05) is 18.2 Å². The second kappa shape index (κ2) is 6.77. The number of rotatable bonds is 4. The van der Waals surface area contributed by atoms with Crippen molar-refractivity contribution in [1.82, 2.24) is 4.90 Å². The van der Waals surface area contributed by atoms with Crippen molar-refractivity contribution in [3.8, 4) is 5.75 Å². The van der Waals surface area contributed by atoms with E-state index in [4.69, 9.17) is 4.74 Å². The number of hydrogen-bond donors (Lipinski definition) is 0. The van der Waals surface area contributed by atoms with E-state index >= 15 is 0 Å². The fourth-order valence-electron chi connectivity index (χ4n) is 3.29. The van der Waals surface area contributed by atoms with Gasteiger partial charge in [-0.2, -0.15) is 0 Å². The number of methoxy groups -OCH3 is 1. The molecule has 0 spiro atoms. The van der Waals surface area contributed by atoms with Gasteiger partial charge in [-0.25, -0.2) is 0 Å². The van der Waals surface area contributed by atoms with Crippen LogP contribution < -0.4 is 4.74 Å². The van der Waals surface area contributed by atoms with Crippen LogP contribution in [0.4, 0.5) is 0 Å². The van der Waals surface area contributed by atoms with Crippen molar-refractivity contribution < 1.29 is 4.74 Å². The molecule has 1 fully saturated rings. The molecule has 110 valence electrons. The number of nitrogens with zero attached hydrogens (tertiary/aromatic N) is 1. The van der Waals surface area contributed by atoms with Crippen LogP contribution in [0, 0.1) is 0 Å². The van der Waals surface area contributed by atoms with E-state index in [0.29, 0.717) is 6.04 Å². The minimum Gasteiger partial charge on any atom is -0.496 e. The zero-order valence-electron chi connectivity index (χ0n) is 12.7. The van der Waals surface area contributed by atoms with Crippen LogP contribution in [0.1, 0.15) is 36.4 Å². The van der Waals surface area contributed by atoms with Crippen LogP contribution in [-0.2, 0) is 6.54 Å².